The number of likely N-dealkylation sites (tertiary alicyclic amines) is 1. The number of aromatic nitrogens is 2. The summed E-state index contributed by atoms with van der Waals surface area (Å²) in [5.74, 6) is -0.178. The molecule has 3 heterocycles. The second-order valence-corrected chi connectivity index (χ2v) is 11.8. The third kappa shape index (κ3) is 7.77. The van der Waals surface area contributed by atoms with Crippen molar-refractivity contribution in [1.29, 1.82) is 0 Å². The van der Waals surface area contributed by atoms with Crippen LogP contribution < -0.4 is 4.74 Å². The number of carbonyl (C=O) groups is 3. The number of nitrogens with zero attached hydrogens (tertiary/aromatic N) is 4. The zero-order chi connectivity index (χ0) is 27.9. The van der Waals surface area contributed by atoms with Crippen molar-refractivity contribution in [2.24, 2.45) is 10.8 Å². The van der Waals surface area contributed by atoms with Gasteiger partial charge in [0.2, 0.25) is 5.91 Å². The van der Waals surface area contributed by atoms with Gasteiger partial charge >= 0.3 is 5.97 Å². The van der Waals surface area contributed by atoms with Crippen LogP contribution in [0.25, 0.3) is 0 Å². The molecule has 9 nitrogen and oxygen atoms in total. The Morgan fingerprint density at radius 1 is 1.00 bits per heavy atom. The molecule has 9 heteroatoms. The molecule has 1 aromatic carbocycles. The first-order valence-electron chi connectivity index (χ1n) is 13.9. The number of para-hydroxylation sites is 1. The predicted molar refractivity (Wildman–Crippen MR) is 146 cm³/mol. The zero-order valence-corrected chi connectivity index (χ0v) is 23.1. The van der Waals surface area contributed by atoms with Gasteiger partial charge in [-0.05, 0) is 54.6 Å². The maximum absolute atomic E-state index is 13.6. The van der Waals surface area contributed by atoms with E-state index in [2.05, 4.69) is 16.0 Å². The summed E-state index contributed by atoms with van der Waals surface area (Å²) in [4.78, 5) is 49.9. The van der Waals surface area contributed by atoms with Gasteiger partial charge in [0.25, 0.3) is 5.91 Å². The average Bonchev–Trinajstić information content (AvgIpc) is 2.90. The van der Waals surface area contributed by atoms with Crippen molar-refractivity contribution < 1.29 is 24.2 Å². The van der Waals surface area contributed by atoms with Gasteiger partial charge < -0.3 is 19.6 Å². The predicted octanol–water partition coefficient (Wildman–Crippen LogP) is 4.22. The van der Waals surface area contributed by atoms with Crippen LogP contribution in [-0.2, 0) is 16.0 Å². The van der Waals surface area contributed by atoms with Crippen LogP contribution in [0.3, 0.4) is 0 Å². The lowest BCUT2D eigenvalue weighted by Crippen LogP contribution is -2.50. The fraction of sp³-hybridized carbons (Fsp3) is 0.567. The smallest absolute Gasteiger partial charge is 0.303 e. The molecular formula is C30H40N4O5. The monoisotopic (exact) mass is 536 g/mol. The fourth-order valence-electron chi connectivity index (χ4n) is 5.87. The minimum Gasteiger partial charge on any atom is -0.491 e. The Hall–Kier alpha value is -3.49. The summed E-state index contributed by atoms with van der Waals surface area (Å²) in [6.07, 6.45) is 10.3. The SMILES string of the molecule is CC(C)(CC(=O)O)CC(=O)N1CCC2(CCCCc3ccccc3OCCN(C(=O)c3cnccn3)C2)CC1. The number of hydrogen-bond acceptors (Lipinski definition) is 6. The van der Waals surface area contributed by atoms with E-state index in [1.165, 1.54) is 18.0 Å². The number of ether oxygens (including phenoxy) is 1. The molecule has 1 saturated heterocycles. The second kappa shape index (κ2) is 12.6. The van der Waals surface area contributed by atoms with Crippen molar-refractivity contribution in [2.75, 3.05) is 32.8 Å². The van der Waals surface area contributed by atoms with E-state index in [-0.39, 0.29) is 30.1 Å². The van der Waals surface area contributed by atoms with Crippen molar-refractivity contribution in [3.05, 3.63) is 54.1 Å². The number of fused-ring (bicyclic) bond motifs is 1. The molecule has 4 rings (SSSR count). The molecule has 2 aliphatic heterocycles. The Morgan fingerprint density at radius 2 is 1.77 bits per heavy atom. The first-order valence-corrected chi connectivity index (χ1v) is 13.9. The Labute approximate surface area is 230 Å². The summed E-state index contributed by atoms with van der Waals surface area (Å²) >= 11 is 0. The third-order valence-corrected chi connectivity index (χ3v) is 8.03. The summed E-state index contributed by atoms with van der Waals surface area (Å²) in [5.41, 5.74) is 0.780. The maximum atomic E-state index is 13.6. The van der Waals surface area contributed by atoms with E-state index in [0.717, 1.165) is 44.3 Å². The highest BCUT2D eigenvalue weighted by Gasteiger charge is 2.39. The van der Waals surface area contributed by atoms with Gasteiger partial charge in [-0.1, -0.05) is 38.5 Å². The van der Waals surface area contributed by atoms with Gasteiger partial charge in [0.15, 0.2) is 0 Å². The van der Waals surface area contributed by atoms with Crippen LogP contribution in [-0.4, -0.2) is 75.4 Å². The molecule has 1 N–H and O–H groups in total. The van der Waals surface area contributed by atoms with Gasteiger partial charge in [0.05, 0.1) is 19.2 Å². The first kappa shape index (κ1) is 28.5. The number of benzene rings is 1. The lowest BCUT2D eigenvalue weighted by atomic mass is 9.73. The van der Waals surface area contributed by atoms with Gasteiger partial charge in [-0.25, -0.2) is 4.98 Å². The molecule has 2 aromatic rings. The molecule has 210 valence electrons. The quantitative estimate of drug-likeness (QED) is 0.609. The second-order valence-electron chi connectivity index (χ2n) is 11.8. The Kier molecular flexibility index (Phi) is 9.20. The summed E-state index contributed by atoms with van der Waals surface area (Å²) in [6.45, 7) is 6.24. The number of hydrogen-bond donors (Lipinski definition) is 1. The largest absolute Gasteiger partial charge is 0.491 e. The van der Waals surface area contributed by atoms with E-state index in [1.54, 1.807) is 6.20 Å². The molecular weight excluding hydrogens is 496 g/mol. The molecule has 0 atom stereocenters. The summed E-state index contributed by atoms with van der Waals surface area (Å²) < 4.78 is 6.15. The number of carboxylic acid groups (broad SMARTS) is 1. The van der Waals surface area contributed by atoms with Crippen LogP contribution >= 0.6 is 0 Å². The zero-order valence-electron chi connectivity index (χ0n) is 23.1. The summed E-state index contributed by atoms with van der Waals surface area (Å²) in [5, 5.41) is 9.20. The van der Waals surface area contributed by atoms with E-state index in [9.17, 15) is 19.5 Å². The number of carboxylic acids is 1. The highest BCUT2D eigenvalue weighted by Crippen LogP contribution is 2.39. The van der Waals surface area contributed by atoms with Crippen LogP contribution in [0.2, 0.25) is 0 Å². The van der Waals surface area contributed by atoms with Gasteiger partial charge in [0, 0.05) is 38.4 Å². The highest BCUT2D eigenvalue weighted by atomic mass is 16.5. The number of piperidine rings is 1. The molecule has 0 radical (unpaired) electrons. The number of aryl methyl sites for hydroxylation is 1. The van der Waals surface area contributed by atoms with Gasteiger partial charge in [-0.2, -0.15) is 0 Å². The number of amides is 2. The highest BCUT2D eigenvalue weighted by molar-refractivity contribution is 5.92. The fourth-order valence-corrected chi connectivity index (χ4v) is 5.87. The number of aliphatic carboxylic acids is 1. The maximum Gasteiger partial charge on any atom is 0.303 e. The number of rotatable bonds is 5. The molecule has 1 aromatic heterocycles. The lowest BCUT2D eigenvalue weighted by Gasteiger charge is -2.45. The molecule has 0 bridgehead atoms. The molecule has 0 saturated carbocycles. The van der Waals surface area contributed by atoms with Gasteiger partial charge in [0.1, 0.15) is 18.1 Å². The molecule has 39 heavy (non-hydrogen) atoms. The van der Waals surface area contributed by atoms with E-state index in [0.29, 0.717) is 38.5 Å². The van der Waals surface area contributed by atoms with Crippen molar-refractivity contribution in [1.82, 2.24) is 19.8 Å². The van der Waals surface area contributed by atoms with Gasteiger partial charge in [-0.15, -0.1) is 0 Å². The third-order valence-electron chi connectivity index (χ3n) is 8.03. The van der Waals surface area contributed by atoms with Crippen LogP contribution in [0, 0.1) is 10.8 Å². The summed E-state index contributed by atoms with van der Waals surface area (Å²) in [7, 11) is 0. The van der Waals surface area contributed by atoms with Crippen LogP contribution in [0.15, 0.2) is 42.9 Å². The van der Waals surface area contributed by atoms with E-state index < -0.39 is 11.4 Å². The molecule has 1 spiro atoms. The van der Waals surface area contributed by atoms with Crippen LogP contribution in [0.4, 0.5) is 0 Å². The Bertz CT molecular complexity index is 1150. The number of carbonyl (C=O) groups excluding carboxylic acids is 2. The van der Waals surface area contributed by atoms with Crippen molar-refractivity contribution >= 4 is 17.8 Å². The van der Waals surface area contributed by atoms with Gasteiger partial charge in [-0.3, -0.25) is 19.4 Å². The normalized spacial score (nSPS) is 18.3. The van der Waals surface area contributed by atoms with Crippen LogP contribution in [0.1, 0.15) is 74.8 Å². The standard InChI is InChI=1S/C30H40N4O5/c1-29(2,20-27(36)37)19-26(35)33-15-11-30(12-16-33)10-6-5-8-23-7-3-4-9-25(23)39-18-17-34(22-30)28(38)24-21-31-13-14-32-24/h3-4,7,9,13-14,21H,5-6,8,10-12,15-20,22H2,1-2H3,(H,36,37). The minimum atomic E-state index is -0.891. The van der Waals surface area contributed by atoms with E-state index in [1.807, 2.05) is 41.8 Å². The first-order chi connectivity index (χ1) is 18.7. The van der Waals surface area contributed by atoms with Crippen molar-refractivity contribution in [3.63, 3.8) is 0 Å². The van der Waals surface area contributed by atoms with Crippen molar-refractivity contribution in [2.45, 2.75) is 65.2 Å². The molecule has 2 aliphatic rings. The molecule has 0 unspecified atom stereocenters. The van der Waals surface area contributed by atoms with Crippen molar-refractivity contribution in [3.8, 4) is 5.75 Å². The topological polar surface area (TPSA) is 113 Å². The summed E-state index contributed by atoms with van der Waals surface area (Å²) in [6, 6.07) is 8.10. The molecule has 1 fully saturated rings. The Morgan fingerprint density at radius 3 is 2.49 bits per heavy atom. The molecule has 2 amide bonds. The van der Waals surface area contributed by atoms with E-state index in [4.69, 9.17) is 4.74 Å². The van der Waals surface area contributed by atoms with E-state index >= 15 is 0 Å². The Balaban J connectivity index is 1.51. The molecule has 0 aliphatic carbocycles. The minimum absolute atomic E-state index is 0.00162. The van der Waals surface area contributed by atoms with Crippen LogP contribution in [0.5, 0.6) is 5.75 Å². The average molecular weight is 537 g/mol. The lowest BCUT2D eigenvalue weighted by molar-refractivity contribution is -0.141.